The van der Waals surface area contributed by atoms with E-state index in [1.807, 2.05) is 0 Å². The van der Waals surface area contributed by atoms with Crippen molar-refractivity contribution in [3.63, 3.8) is 0 Å². The Bertz CT molecular complexity index is 628. The van der Waals surface area contributed by atoms with Gasteiger partial charge in [0, 0.05) is 6.07 Å². The van der Waals surface area contributed by atoms with E-state index in [1.165, 1.54) is 0 Å². The molecule has 0 amide bonds. The smallest absolute Gasteiger partial charge is 0.397 e. The summed E-state index contributed by atoms with van der Waals surface area (Å²) in [5.41, 5.74) is -0.545. The molecule has 0 bridgehead atoms. The van der Waals surface area contributed by atoms with Gasteiger partial charge in [-0.05, 0) is 13.0 Å². The van der Waals surface area contributed by atoms with Gasteiger partial charge in [-0.3, -0.25) is 0 Å². The van der Waals surface area contributed by atoms with Crippen molar-refractivity contribution in [1.82, 2.24) is 10.1 Å². The third-order valence-corrected chi connectivity index (χ3v) is 2.11. The van der Waals surface area contributed by atoms with Gasteiger partial charge in [-0.1, -0.05) is 5.16 Å². The molecule has 5 nitrogen and oxygen atoms in total. The highest BCUT2D eigenvalue weighted by molar-refractivity contribution is 5.84. The van der Waals surface area contributed by atoms with Crippen LogP contribution in [0.2, 0.25) is 0 Å². The summed E-state index contributed by atoms with van der Waals surface area (Å²) >= 11 is 0. The molecule has 0 fully saturated rings. The normalized spacial score (nSPS) is 10.5. The summed E-state index contributed by atoms with van der Waals surface area (Å²) in [6.45, 7) is 1.65. The van der Waals surface area contributed by atoms with Crippen molar-refractivity contribution < 1.29 is 27.2 Å². The summed E-state index contributed by atoms with van der Waals surface area (Å²) in [5.74, 6) is -5.61. The van der Waals surface area contributed by atoms with Crippen molar-refractivity contribution in [2.24, 2.45) is 0 Å². The van der Waals surface area contributed by atoms with Gasteiger partial charge in [0.25, 0.3) is 0 Å². The average Bonchev–Trinajstić information content (AvgIpc) is 2.83. The van der Waals surface area contributed by atoms with Gasteiger partial charge in [0.1, 0.15) is 5.82 Å². The van der Waals surface area contributed by atoms with Crippen LogP contribution in [0.25, 0.3) is 11.4 Å². The SMILES string of the molecule is CCOC(=O)c1nc(-c2cc(F)cc(F)c2F)no1. The number of hydrogen-bond acceptors (Lipinski definition) is 5. The molecule has 2 aromatic rings. The van der Waals surface area contributed by atoms with Gasteiger partial charge in [0.2, 0.25) is 5.82 Å². The van der Waals surface area contributed by atoms with Crippen LogP contribution in [0, 0.1) is 17.5 Å². The van der Waals surface area contributed by atoms with Gasteiger partial charge in [0.05, 0.1) is 12.2 Å². The van der Waals surface area contributed by atoms with Gasteiger partial charge in [0.15, 0.2) is 11.6 Å². The first kappa shape index (κ1) is 13.1. The molecular formula is C11H7F3N2O3. The highest BCUT2D eigenvalue weighted by Gasteiger charge is 2.21. The highest BCUT2D eigenvalue weighted by atomic mass is 19.2. The quantitative estimate of drug-likeness (QED) is 0.633. The molecule has 2 rings (SSSR count). The number of rotatable bonds is 3. The number of ether oxygens (including phenoxy) is 1. The molecule has 1 aromatic heterocycles. The molecular weight excluding hydrogens is 265 g/mol. The van der Waals surface area contributed by atoms with Crippen LogP contribution < -0.4 is 0 Å². The molecule has 19 heavy (non-hydrogen) atoms. The Morgan fingerprint density at radius 3 is 2.79 bits per heavy atom. The van der Waals surface area contributed by atoms with Crippen molar-refractivity contribution in [1.29, 1.82) is 0 Å². The lowest BCUT2D eigenvalue weighted by molar-refractivity contribution is 0.0470. The molecule has 8 heteroatoms. The molecule has 0 radical (unpaired) electrons. The van der Waals surface area contributed by atoms with Crippen LogP contribution in [-0.4, -0.2) is 22.7 Å². The minimum Gasteiger partial charge on any atom is -0.459 e. The zero-order valence-corrected chi connectivity index (χ0v) is 9.61. The Hall–Kier alpha value is -2.38. The van der Waals surface area contributed by atoms with E-state index in [-0.39, 0.29) is 6.61 Å². The first-order chi connectivity index (χ1) is 9.02. The number of carbonyl (C=O) groups is 1. The number of benzene rings is 1. The van der Waals surface area contributed by atoms with Crippen molar-refractivity contribution in [2.45, 2.75) is 6.92 Å². The maximum atomic E-state index is 13.4. The van der Waals surface area contributed by atoms with Crippen LogP contribution in [0.5, 0.6) is 0 Å². The number of aromatic nitrogens is 2. The molecule has 0 aliphatic carbocycles. The predicted molar refractivity (Wildman–Crippen MR) is 55.6 cm³/mol. The zero-order valence-electron chi connectivity index (χ0n) is 9.61. The summed E-state index contributed by atoms with van der Waals surface area (Å²) in [5, 5.41) is 3.27. The van der Waals surface area contributed by atoms with Gasteiger partial charge >= 0.3 is 11.9 Å². The minimum atomic E-state index is -1.39. The maximum absolute atomic E-state index is 13.4. The van der Waals surface area contributed by atoms with Crippen LogP contribution in [0.15, 0.2) is 16.7 Å². The number of nitrogens with zero attached hydrogens (tertiary/aromatic N) is 2. The largest absolute Gasteiger partial charge is 0.459 e. The lowest BCUT2D eigenvalue weighted by Gasteiger charge is -1.99. The number of halogens is 3. The van der Waals surface area contributed by atoms with E-state index in [0.717, 1.165) is 0 Å². The summed E-state index contributed by atoms with van der Waals surface area (Å²) in [7, 11) is 0. The molecule has 0 saturated carbocycles. The number of esters is 1. The fourth-order valence-electron chi connectivity index (χ4n) is 1.33. The second-order valence-corrected chi connectivity index (χ2v) is 3.39. The molecule has 0 spiro atoms. The maximum Gasteiger partial charge on any atom is 0.397 e. The lowest BCUT2D eigenvalue weighted by Crippen LogP contribution is -2.04. The van der Waals surface area contributed by atoms with E-state index in [9.17, 15) is 18.0 Å². The molecule has 0 saturated heterocycles. The standard InChI is InChI=1S/C11H7F3N2O3/c1-2-18-11(17)10-15-9(16-19-10)6-3-5(12)4-7(13)8(6)14/h3-4H,2H2,1H3. The van der Waals surface area contributed by atoms with Crippen LogP contribution >= 0.6 is 0 Å². The fraction of sp³-hybridized carbons (Fsp3) is 0.182. The molecule has 0 unspecified atom stereocenters. The Balaban J connectivity index is 2.41. The summed E-state index contributed by atoms with van der Waals surface area (Å²) in [6, 6.07) is 1.07. The summed E-state index contributed by atoms with van der Waals surface area (Å²) in [6.07, 6.45) is 0. The molecule has 1 heterocycles. The summed E-state index contributed by atoms with van der Waals surface area (Å²) in [4.78, 5) is 14.8. The van der Waals surface area contributed by atoms with Crippen LogP contribution in [0.3, 0.4) is 0 Å². The molecule has 0 aliphatic rings. The van der Waals surface area contributed by atoms with Crippen LogP contribution in [-0.2, 0) is 4.74 Å². The molecule has 100 valence electrons. The van der Waals surface area contributed by atoms with E-state index < -0.39 is 40.7 Å². The second-order valence-electron chi connectivity index (χ2n) is 3.39. The van der Waals surface area contributed by atoms with Gasteiger partial charge in [-0.15, -0.1) is 0 Å². The topological polar surface area (TPSA) is 65.2 Å². The Morgan fingerprint density at radius 2 is 2.11 bits per heavy atom. The number of hydrogen-bond donors (Lipinski definition) is 0. The highest BCUT2D eigenvalue weighted by Crippen LogP contribution is 2.23. The monoisotopic (exact) mass is 272 g/mol. The first-order valence-corrected chi connectivity index (χ1v) is 5.18. The molecule has 0 atom stereocenters. The van der Waals surface area contributed by atoms with E-state index in [4.69, 9.17) is 0 Å². The molecule has 0 N–H and O–H groups in total. The van der Waals surface area contributed by atoms with Crippen molar-refractivity contribution in [3.05, 3.63) is 35.5 Å². The third kappa shape index (κ3) is 2.56. The second kappa shape index (κ2) is 5.09. The molecule has 0 aliphatic heterocycles. The van der Waals surface area contributed by atoms with Crippen molar-refractivity contribution in [2.75, 3.05) is 6.61 Å². The Kier molecular flexibility index (Phi) is 3.50. The van der Waals surface area contributed by atoms with Crippen molar-refractivity contribution >= 4 is 5.97 Å². The Labute approximate surface area is 105 Å². The van der Waals surface area contributed by atoms with Gasteiger partial charge < -0.3 is 9.26 Å². The minimum absolute atomic E-state index is 0.0828. The summed E-state index contributed by atoms with van der Waals surface area (Å²) < 4.78 is 48.6. The third-order valence-electron chi connectivity index (χ3n) is 2.11. The van der Waals surface area contributed by atoms with Crippen LogP contribution in [0.4, 0.5) is 13.2 Å². The lowest BCUT2D eigenvalue weighted by atomic mass is 10.2. The van der Waals surface area contributed by atoms with Crippen molar-refractivity contribution in [3.8, 4) is 11.4 Å². The van der Waals surface area contributed by atoms with Gasteiger partial charge in [-0.2, -0.15) is 4.98 Å². The molecule has 1 aromatic carbocycles. The average molecular weight is 272 g/mol. The van der Waals surface area contributed by atoms with Crippen LogP contribution in [0.1, 0.15) is 17.6 Å². The number of carbonyl (C=O) groups excluding carboxylic acids is 1. The predicted octanol–water partition coefficient (Wildman–Crippen LogP) is 2.33. The van der Waals surface area contributed by atoms with E-state index >= 15 is 0 Å². The zero-order chi connectivity index (χ0) is 14.0. The van der Waals surface area contributed by atoms with E-state index in [1.54, 1.807) is 6.92 Å². The Morgan fingerprint density at radius 1 is 1.37 bits per heavy atom. The van der Waals surface area contributed by atoms with E-state index in [0.29, 0.717) is 12.1 Å². The first-order valence-electron chi connectivity index (χ1n) is 5.18. The van der Waals surface area contributed by atoms with E-state index in [2.05, 4.69) is 19.4 Å². The van der Waals surface area contributed by atoms with Gasteiger partial charge in [-0.25, -0.2) is 18.0 Å². The fourth-order valence-corrected chi connectivity index (χ4v) is 1.33.